The first kappa shape index (κ1) is 15.2. The Labute approximate surface area is 118 Å². The molecule has 0 unspecified atom stereocenters. The standard InChI is InChI=1S/C9H11BrClN3O3S/c1-14(5-9(12)13-15)18(16,17)6-2-3-8(11)7(10)4-6/h2-4,15H,5H2,1H3,(H2,12,13). The third-order valence-electron chi connectivity index (χ3n) is 2.11. The van der Waals surface area contributed by atoms with E-state index >= 15 is 0 Å². The molecular weight excluding hydrogens is 346 g/mol. The van der Waals surface area contributed by atoms with Crippen LogP contribution >= 0.6 is 27.5 Å². The quantitative estimate of drug-likeness (QED) is 0.369. The lowest BCUT2D eigenvalue weighted by Gasteiger charge is -2.16. The van der Waals surface area contributed by atoms with Crippen LogP contribution in [-0.4, -0.2) is 37.4 Å². The summed E-state index contributed by atoms with van der Waals surface area (Å²) in [4.78, 5) is 0.0621. The first-order valence-electron chi connectivity index (χ1n) is 4.67. The van der Waals surface area contributed by atoms with Gasteiger partial charge in [0.25, 0.3) is 0 Å². The highest BCUT2D eigenvalue weighted by molar-refractivity contribution is 9.10. The molecule has 0 saturated heterocycles. The first-order chi connectivity index (χ1) is 8.28. The van der Waals surface area contributed by atoms with Gasteiger partial charge >= 0.3 is 0 Å². The normalized spacial score (nSPS) is 13.0. The summed E-state index contributed by atoms with van der Waals surface area (Å²) in [7, 11) is -2.38. The number of rotatable bonds is 4. The van der Waals surface area contributed by atoms with E-state index in [1.54, 1.807) is 0 Å². The molecule has 0 atom stereocenters. The van der Waals surface area contributed by atoms with Crippen molar-refractivity contribution in [2.45, 2.75) is 4.90 Å². The van der Waals surface area contributed by atoms with Crippen LogP contribution in [0.2, 0.25) is 5.02 Å². The van der Waals surface area contributed by atoms with Crippen molar-refractivity contribution >= 4 is 43.4 Å². The number of sulfonamides is 1. The van der Waals surface area contributed by atoms with Gasteiger partial charge in [-0.25, -0.2) is 8.42 Å². The van der Waals surface area contributed by atoms with Gasteiger partial charge in [-0.05, 0) is 34.1 Å². The van der Waals surface area contributed by atoms with E-state index in [0.29, 0.717) is 9.50 Å². The van der Waals surface area contributed by atoms with Crippen LogP contribution in [0.4, 0.5) is 0 Å². The summed E-state index contributed by atoms with van der Waals surface area (Å²) in [6.45, 7) is -0.209. The van der Waals surface area contributed by atoms with E-state index in [-0.39, 0.29) is 17.3 Å². The third kappa shape index (κ3) is 3.35. The third-order valence-corrected chi connectivity index (χ3v) is 5.13. The topological polar surface area (TPSA) is 96.0 Å². The minimum Gasteiger partial charge on any atom is -0.409 e. The van der Waals surface area contributed by atoms with Crippen LogP contribution in [-0.2, 0) is 10.0 Å². The molecule has 100 valence electrons. The SMILES string of the molecule is CN(C/C(N)=N/O)S(=O)(=O)c1ccc(Cl)c(Br)c1. The Balaban J connectivity index is 3.09. The number of nitrogens with zero attached hydrogens (tertiary/aromatic N) is 2. The van der Waals surface area contributed by atoms with Crippen molar-refractivity contribution < 1.29 is 13.6 Å². The second-order valence-electron chi connectivity index (χ2n) is 3.43. The average molecular weight is 357 g/mol. The van der Waals surface area contributed by atoms with Gasteiger partial charge in [-0.2, -0.15) is 4.31 Å². The Kier molecular flexibility index (Phi) is 4.97. The molecule has 0 aliphatic carbocycles. The zero-order chi connectivity index (χ0) is 13.9. The largest absolute Gasteiger partial charge is 0.409 e. The summed E-state index contributed by atoms with van der Waals surface area (Å²) >= 11 is 8.94. The molecule has 0 radical (unpaired) electrons. The highest BCUT2D eigenvalue weighted by atomic mass is 79.9. The zero-order valence-electron chi connectivity index (χ0n) is 9.34. The van der Waals surface area contributed by atoms with E-state index in [4.69, 9.17) is 22.5 Å². The summed E-state index contributed by atoms with van der Waals surface area (Å²) < 4.78 is 25.7. The van der Waals surface area contributed by atoms with Gasteiger partial charge in [-0.3, -0.25) is 0 Å². The van der Waals surface area contributed by atoms with Crippen LogP contribution in [0.1, 0.15) is 0 Å². The molecule has 0 aromatic heterocycles. The zero-order valence-corrected chi connectivity index (χ0v) is 12.5. The molecule has 6 nitrogen and oxygen atoms in total. The van der Waals surface area contributed by atoms with Crippen molar-refractivity contribution in [1.82, 2.24) is 4.31 Å². The second kappa shape index (κ2) is 5.87. The number of hydrogen-bond acceptors (Lipinski definition) is 4. The molecule has 3 N–H and O–H groups in total. The van der Waals surface area contributed by atoms with Gasteiger partial charge in [0.15, 0.2) is 5.84 Å². The van der Waals surface area contributed by atoms with E-state index in [1.165, 1.54) is 25.2 Å². The lowest BCUT2D eigenvalue weighted by molar-refractivity contribution is 0.315. The molecule has 0 amide bonds. The molecule has 9 heteroatoms. The number of likely N-dealkylation sites (N-methyl/N-ethyl adjacent to an activating group) is 1. The van der Waals surface area contributed by atoms with Gasteiger partial charge in [-0.15, -0.1) is 0 Å². The molecular formula is C9H11BrClN3O3S. The number of oxime groups is 1. The highest BCUT2D eigenvalue weighted by Gasteiger charge is 2.22. The van der Waals surface area contributed by atoms with Gasteiger partial charge in [-0.1, -0.05) is 16.8 Å². The maximum Gasteiger partial charge on any atom is 0.243 e. The Morgan fingerprint density at radius 3 is 2.72 bits per heavy atom. The fourth-order valence-electron chi connectivity index (χ4n) is 1.16. The lowest BCUT2D eigenvalue weighted by Crippen LogP contribution is -2.35. The van der Waals surface area contributed by atoms with Crippen LogP contribution in [0.5, 0.6) is 0 Å². The van der Waals surface area contributed by atoms with Gasteiger partial charge < -0.3 is 10.9 Å². The van der Waals surface area contributed by atoms with Crippen molar-refractivity contribution in [2.75, 3.05) is 13.6 Å². The molecule has 0 aliphatic rings. The monoisotopic (exact) mass is 355 g/mol. The van der Waals surface area contributed by atoms with E-state index in [1.807, 2.05) is 0 Å². The van der Waals surface area contributed by atoms with Crippen LogP contribution < -0.4 is 5.73 Å². The smallest absolute Gasteiger partial charge is 0.243 e. The minimum absolute atomic E-state index is 0.0621. The summed E-state index contributed by atoms with van der Waals surface area (Å²) in [5, 5.41) is 11.6. The van der Waals surface area contributed by atoms with E-state index in [0.717, 1.165) is 4.31 Å². The summed E-state index contributed by atoms with van der Waals surface area (Å²) in [5.41, 5.74) is 5.27. The van der Waals surface area contributed by atoms with Gasteiger partial charge in [0, 0.05) is 11.5 Å². The van der Waals surface area contributed by atoms with Crippen molar-refractivity contribution in [3.8, 4) is 0 Å². The average Bonchev–Trinajstić information content (AvgIpc) is 2.32. The van der Waals surface area contributed by atoms with Crippen molar-refractivity contribution in [1.29, 1.82) is 0 Å². The molecule has 0 aliphatic heterocycles. The van der Waals surface area contributed by atoms with Gasteiger partial charge in [0.2, 0.25) is 10.0 Å². The van der Waals surface area contributed by atoms with Crippen molar-refractivity contribution in [2.24, 2.45) is 10.9 Å². The number of amidine groups is 1. The van der Waals surface area contributed by atoms with Gasteiger partial charge in [0.1, 0.15) is 0 Å². The number of halogens is 2. The Morgan fingerprint density at radius 1 is 1.61 bits per heavy atom. The van der Waals surface area contributed by atoms with Crippen molar-refractivity contribution in [3.63, 3.8) is 0 Å². The van der Waals surface area contributed by atoms with Crippen LogP contribution in [0.25, 0.3) is 0 Å². The highest BCUT2D eigenvalue weighted by Crippen LogP contribution is 2.26. The lowest BCUT2D eigenvalue weighted by atomic mass is 10.4. The Bertz CT molecular complexity index is 576. The molecule has 1 rings (SSSR count). The predicted molar refractivity (Wildman–Crippen MR) is 72.4 cm³/mol. The molecule has 0 fully saturated rings. The summed E-state index contributed by atoms with van der Waals surface area (Å²) in [5.74, 6) is -0.200. The minimum atomic E-state index is -3.71. The summed E-state index contributed by atoms with van der Waals surface area (Å²) in [6, 6.07) is 4.24. The molecule has 18 heavy (non-hydrogen) atoms. The van der Waals surface area contributed by atoms with E-state index in [9.17, 15) is 8.42 Å². The fraction of sp³-hybridized carbons (Fsp3) is 0.222. The number of hydrogen-bond donors (Lipinski definition) is 2. The molecule has 0 heterocycles. The predicted octanol–water partition coefficient (Wildman–Crippen LogP) is 1.47. The maximum absolute atomic E-state index is 12.1. The first-order valence-corrected chi connectivity index (χ1v) is 7.28. The number of benzene rings is 1. The number of nitrogens with two attached hydrogens (primary N) is 1. The molecule has 0 spiro atoms. The van der Waals surface area contributed by atoms with Gasteiger partial charge in [0.05, 0.1) is 16.5 Å². The van der Waals surface area contributed by atoms with Crippen LogP contribution in [0, 0.1) is 0 Å². The fourth-order valence-corrected chi connectivity index (χ4v) is 2.98. The van der Waals surface area contributed by atoms with E-state index < -0.39 is 10.0 Å². The van der Waals surface area contributed by atoms with Crippen molar-refractivity contribution in [3.05, 3.63) is 27.7 Å². The molecule has 0 bridgehead atoms. The van der Waals surface area contributed by atoms with Crippen LogP contribution in [0.15, 0.2) is 32.7 Å². The van der Waals surface area contributed by atoms with Crippen LogP contribution in [0.3, 0.4) is 0 Å². The molecule has 1 aromatic rings. The van der Waals surface area contributed by atoms with E-state index in [2.05, 4.69) is 21.1 Å². The summed E-state index contributed by atoms with van der Waals surface area (Å²) in [6.07, 6.45) is 0. The Hall–Kier alpha value is -0.830. The molecule has 1 aromatic carbocycles. The Morgan fingerprint density at radius 2 is 2.22 bits per heavy atom. The molecule has 0 saturated carbocycles. The second-order valence-corrected chi connectivity index (χ2v) is 6.73. The maximum atomic E-state index is 12.1.